The first-order valence-corrected chi connectivity index (χ1v) is 6.56. The van der Waals surface area contributed by atoms with Crippen molar-refractivity contribution in [2.24, 2.45) is 5.73 Å². The van der Waals surface area contributed by atoms with Gasteiger partial charge in [-0.25, -0.2) is 4.98 Å². The maximum absolute atomic E-state index is 5.97. The van der Waals surface area contributed by atoms with Crippen LogP contribution >= 0.6 is 0 Å². The summed E-state index contributed by atoms with van der Waals surface area (Å²) < 4.78 is 11.7. The summed E-state index contributed by atoms with van der Waals surface area (Å²) in [6.45, 7) is 6.64. The van der Waals surface area contributed by atoms with E-state index in [1.54, 1.807) is 0 Å². The molecule has 2 unspecified atom stereocenters. The molecule has 1 aliphatic rings. The predicted molar refractivity (Wildman–Crippen MR) is 70.5 cm³/mol. The molecule has 1 fully saturated rings. The van der Waals surface area contributed by atoms with E-state index in [0.29, 0.717) is 12.4 Å². The van der Waals surface area contributed by atoms with Gasteiger partial charge in [-0.05, 0) is 32.4 Å². The monoisotopic (exact) mass is 250 g/mol. The molecule has 2 N–H and O–H groups in total. The van der Waals surface area contributed by atoms with Crippen LogP contribution in [0.1, 0.15) is 37.9 Å². The molecule has 0 amide bonds. The molecule has 100 valence electrons. The Labute approximate surface area is 108 Å². The zero-order chi connectivity index (χ0) is 13.1. The summed E-state index contributed by atoms with van der Waals surface area (Å²) in [7, 11) is 0. The second-order valence-electron chi connectivity index (χ2n) is 5.13. The van der Waals surface area contributed by atoms with Crippen molar-refractivity contribution in [3.63, 3.8) is 0 Å². The lowest BCUT2D eigenvalue weighted by Crippen LogP contribution is -2.35. The van der Waals surface area contributed by atoms with Crippen LogP contribution in [0.25, 0.3) is 0 Å². The molecule has 0 bridgehead atoms. The van der Waals surface area contributed by atoms with E-state index in [4.69, 9.17) is 15.2 Å². The molecular formula is C14H22N2O2. The van der Waals surface area contributed by atoms with Crippen LogP contribution in [0.15, 0.2) is 12.1 Å². The minimum atomic E-state index is 0.184. The Hall–Kier alpha value is -1.13. The number of rotatable bonds is 3. The highest BCUT2D eigenvalue weighted by Crippen LogP contribution is 2.24. The number of ether oxygens (including phenoxy) is 2. The summed E-state index contributed by atoms with van der Waals surface area (Å²) >= 11 is 0. The summed E-state index contributed by atoms with van der Waals surface area (Å²) in [5, 5.41) is 0. The van der Waals surface area contributed by atoms with Crippen molar-refractivity contribution in [3.8, 4) is 5.88 Å². The van der Waals surface area contributed by atoms with Crippen molar-refractivity contribution < 1.29 is 9.47 Å². The van der Waals surface area contributed by atoms with Crippen LogP contribution in [0.5, 0.6) is 5.88 Å². The van der Waals surface area contributed by atoms with Crippen LogP contribution in [0, 0.1) is 6.92 Å². The number of nitrogens with two attached hydrogens (primary N) is 1. The molecule has 18 heavy (non-hydrogen) atoms. The largest absolute Gasteiger partial charge is 0.474 e. The Morgan fingerprint density at radius 1 is 1.33 bits per heavy atom. The van der Waals surface area contributed by atoms with Gasteiger partial charge in [0.25, 0.3) is 0 Å². The fourth-order valence-electron chi connectivity index (χ4n) is 2.50. The SMILES string of the molecule is Cc1cc(CN)cc(OC2CC(C)OC(C)C2)n1. The third kappa shape index (κ3) is 3.43. The zero-order valence-corrected chi connectivity index (χ0v) is 11.3. The average molecular weight is 250 g/mol. The van der Waals surface area contributed by atoms with Gasteiger partial charge in [0.2, 0.25) is 5.88 Å². The van der Waals surface area contributed by atoms with Gasteiger partial charge in [-0.1, -0.05) is 0 Å². The summed E-state index contributed by atoms with van der Waals surface area (Å²) in [5.41, 5.74) is 7.67. The third-order valence-electron chi connectivity index (χ3n) is 3.17. The number of aromatic nitrogens is 1. The molecule has 2 rings (SSSR count). The summed E-state index contributed by atoms with van der Waals surface area (Å²) in [5.74, 6) is 0.682. The molecule has 1 aromatic heterocycles. The topological polar surface area (TPSA) is 57.4 Å². The van der Waals surface area contributed by atoms with Gasteiger partial charge in [0.15, 0.2) is 0 Å². The number of pyridine rings is 1. The minimum absolute atomic E-state index is 0.184. The van der Waals surface area contributed by atoms with Crippen molar-refractivity contribution >= 4 is 0 Å². The average Bonchev–Trinajstić information content (AvgIpc) is 2.26. The van der Waals surface area contributed by atoms with E-state index in [1.165, 1.54) is 0 Å². The Bertz CT molecular complexity index is 399. The second-order valence-corrected chi connectivity index (χ2v) is 5.13. The van der Waals surface area contributed by atoms with Crippen molar-refractivity contribution in [2.75, 3.05) is 0 Å². The van der Waals surface area contributed by atoms with Crippen molar-refractivity contribution in [2.45, 2.75) is 58.5 Å². The highest BCUT2D eigenvalue weighted by molar-refractivity contribution is 5.24. The van der Waals surface area contributed by atoms with Crippen LogP contribution in [0.4, 0.5) is 0 Å². The predicted octanol–water partition coefficient (Wildman–Crippen LogP) is 2.18. The van der Waals surface area contributed by atoms with Crippen molar-refractivity contribution in [1.82, 2.24) is 4.98 Å². The van der Waals surface area contributed by atoms with Crippen LogP contribution in [-0.4, -0.2) is 23.3 Å². The van der Waals surface area contributed by atoms with Gasteiger partial charge in [0.05, 0.1) is 12.2 Å². The Morgan fingerprint density at radius 2 is 2.00 bits per heavy atom. The molecule has 0 saturated carbocycles. The van der Waals surface area contributed by atoms with Gasteiger partial charge in [-0.3, -0.25) is 0 Å². The van der Waals surface area contributed by atoms with Gasteiger partial charge in [0.1, 0.15) is 6.10 Å². The molecule has 0 radical (unpaired) electrons. The minimum Gasteiger partial charge on any atom is -0.474 e. The number of aryl methyl sites for hydroxylation is 1. The molecule has 1 aromatic rings. The van der Waals surface area contributed by atoms with Crippen molar-refractivity contribution in [3.05, 3.63) is 23.4 Å². The maximum Gasteiger partial charge on any atom is 0.214 e. The standard InChI is InChI=1S/C14H22N2O2/c1-9-4-12(8-15)7-14(16-9)18-13-5-10(2)17-11(3)6-13/h4,7,10-11,13H,5-6,8,15H2,1-3H3. The van der Waals surface area contributed by atoms with Gasteiger partial charge in [-0.15, -0.1) is 0 Å². The lowest BCUT2D eigenvalue weighted by atomic mass is 10.0. The first-order valence-electron chi connectivity index (χ1n) is 6.56. The number of hydrogen-bond acceptors (Lipinski definition) is 4. The Morgan fingerprint density at radius 3 is 2.61 bits per heavy atom. The molecule has 0 aromatic carbocycles. The summed E-state index contributed by atoms with van der Waals surface area (Å²) in [6, 6.07) is 3.92. The van der Waals surface area contributed by atoms with E-state index < -0.39 is 0 Å². The van der Waals surface area contributed by atoms with E-state index >= 15 is 0 Å². The fraction of sp³-hybridized carbons (Fsp3) is 0.643. The van der Waals surface area contributed by atoms with Crippen LogP contribution < -0.4 is 10.5 Å². The lowest BCUT2D eigenvalue weighted by Gasteiger charge is -2.32. The van der Waals surface area contributed by atoms with Gasteiger partial charge < -0.3 is 15.2 Å². The maximum atomic E-state index is 5.97. The smallest absolute Gasteiger partial charge is 0.214 e. The normalized spacial score (nSPS) is 28.1. The van der Waals surface area contributed by atoms with E-state index in [0.717, 1.165) is 24.1 Å². The highest BCUT2D eigenvalue weighted by atomic mass is 16.5. The third-order valence-corrected chi connectivity index (χ3v) is 3.17. The Kier molecular flexibility index (Phi) is 4.19. The second kappa shape index (κ2) is 5.67. The van der Waals surface area contributed by atoms with Gasteiger partial charge in [-0.2, -0.15) is 0 Å². The molecule has 1 aliphatic heterocycles. The van der Waals surface area contributed by atoms with Crippen LogP contribution in [-0.2, 0) is 11.3 Å². The molecule has 4 heteroatoms. The quantitative estimate of drug-likeness (QED) is 0.893. The fourth-order valence-corrected chi connectivity index (χ4v) is 2.50. The Balaban J connectivity index is 2.06. The summed E-state index contributed by atoms with van der Waals surface area (Å²) in [4.78, 5) is 4.41. The first kappa shape index (κ1) is 13.3. The lowest BCUT2D eigenvalue weighted by molar-refractivity contribution is -0.0729. The molecule has 1 saturated heterocycles. The van der Waals surface area contributed by atoms with Gasteiger partial charge in [0, 0.05) is 31.1 Å². The van der Waals surface area contributed by atoms with Gasteiger partial charge >= 0.3 is 0 Å². The molecule has 2 atom stereocenters. The van der Waals surface area contributed by atoms with E-state index in [9.17, 15) is 0 Å². The molecule has 0 spiro atoms. The molecule has 0 aliphatic carbocycles. The zero-order valence-electron chi connectivity index (χ0n) is 11.3. The van der Waals surface area contributed by atoms with E-state index in [1.807, 2.05) is 19.1 Å². The molecule has 2 heterocycles. The number of nitrogens with zero attached hydrogens (tertiary/aromatic N) is 1. The van der Waals surface area contributed by atoms with Crippen molar-refractivity contribution in [1.29, 1.82) is 0 Å². The van der Waals surface area contributed by atoms with Crippen LogP contribution in [0.2, 0.25) is 0 Å². The molecule has 4 nitrogen and oxygen atoms in total. The van der Waals surface area contributed by atoms with Crippen LogP contribution in [0.3, 0.4) is 0 Å². The molecular weight excluding hydrogens is 228 g/mol. The first-order chi connectivity index (χ1) is 8.56. The highest BCUT2D eigenvalue weighted by Gasteiger charge is 2.26. The van der Waals surface area contributed by atoms with E-state index in [-0.39, 0.29) is 18.3 Å². The number of hydrogen-bond donors (Lipinski definition) is 1. The summed E-state index contributed by atoms with van der Waals surface area (Å²) in [6.07, 6.45) is 2.51. The van der Waals surface area contributed by atoms with E-state index in [2.05, 4.69) is 18.8 Å².